The lowest BCUT2D eigenvalue weighted by Crippen LogP contribution is -2.12. The number of hydrogen-bond acceptors (Lipinski definition) is 6. The molecule has 24 heavy (non-hydrogen) atoms. The van der Waals surface area contributed by atoms with E-state index in [-0.39, 0.29) is 33.1 Å². The highest BCUT2D eigenvalue weighted by Gasteiger charge is 2.35. The summed E-state index contributed by atoms with van der Waals surface area (Å²) in [6, 6.07) is 2.64. The van der Waals surface area contributed by atoms with Gasteiger partial charge in [-0.1, -0.05) is 23.4 Å². The molecule has 0 atom stereocenters. The molecule has 2 aromatic heterocycles. The highest BCUT2D eigenvalue weighted by atomic mass is 35.5. The summed E-state index contributed by atoms with van der Waals surface area (Å²) in [5.41, 5.74) is -0.997. The van der Waals surface area contributed by atoms with Crippen LogP contribution in [0.5, 0.6) is 0 Å². The van der Waals surface area contributed by atoms with Gasteiger partial charge in [0.2, 0.25) is 0 Å². The third-order valence-corrected chi connectivity index (χ3v) is 4.09. The SMILES string of the molecule is CCOC(=O)c1nc(Sc2cccnc2C(F)(F)F)c(C)nc1Cl. The zero-order chi connectivity index (χ0) is 17.9. The molecule has 10 heteroatoms. The minimum atomic E-state index is -4.61. The van der Waals surface area contributed by atoms with Crippen LogP contribution in [0.4, 0.5) is 13.2 Å². The van der Waals surface area contributed by atoms with E-state index in [1.165, 1.54) is 19.1 Å². The number of alkyl halides is 3. The number of hydrogen-bond donors (Lipinski definition) is 0. The Balaban J connectivity index is 2.44. The normalized spacial score (nSPS) is 11.4. The van der Waals surface area contributed by atoms with Crippen LogP contribution in [0, 0.1) is 6.92 Å². The molecular weight excluding hydrogens is 367 g/mol. The zero-order valence-electron chi connectivity index (χ0n) is 12.5. The van der Waals surface area contributed by atoms with Crippen molar-refractivity contribution in [2.24, 2.45) is 0 Å². The van der Waals surface area contributed by atoms with Gasteiger partial charge in [-0.05, 0) is 26.0 Å². The number of aryl methyl sites for hydroxylation is 1. The lowest BCUT2D eigenvalue weighted by Gasteiger charge is -2.12. The largest absolute Gasteiger partial charge is 0.461 e. The Morgan fingerprint density at radius 3 is 2.71 bits per heavy atom. The van der Waals surface area contributed by atoms with Gasteiger partial charge in [0.05, 0.1) is 12.3 Å². The van der Waals surface area contributed by atoms with Gasteiger partial charge in [-0.15, -0.1) is 0 Å². The molecule has 0 amide bonds. The van der Waals surface area contributed by atoms with E-state index in [1.54, 1.807) is 6.92 Å². The quantitative estimate of drug-likeness (QED) is 0.745. The third kappa shape index (κ3) is 4.15. The van der Waals surface area contributed by atoms with Gasteiger partial charge >= 0.3 is 12.1 Å². The Morgan fingerprint density at radius 2 is 2.08 bits per heavy atom. The van der Waals surface area contributed by atoms with Crippen LogP contribution in [0.2, 0.25) is 5.15 Å². The first kappa shape index (κ1) is 18.5. The summed E-state index contributed by atoms with van der Waals surface area (Å²) in [5.74, 6) is -0.793. The zero-order valence-corrected chi connectivity index (χ0v) is 14.1. The fourth-order valence-electron chi connectivity index (χ4n) is 1.69. The van der Waals surface area contributed by atoms with Crippen LogP contribution in [-0.4, -0.2) is 27.5 Å². The maximum Gasteiger partial charge on any atom is 0.434 e. The number of aromatic nitrogens is 3. The van der Waals surface area contributed by atoms with Gasteiger partial charge in [0.15, 0.2) is 16.5 Å². The molecule has 0 aliphatic rings. The second kappa shape index (κ2) is 7.35. The van der Waals surface area contributed by atoms with E-state index < -0.39 is 17.8 Å². The number of ether oxygens (including phenoxy) is 1. The summed E-state index contributed by atoms with van der Waals surface area (Å²) in [4.78, 5) is 23.0. The summed E-state index contributed by atoms with van der Waals surface area (Å²) in [6.45, 7) is 3.24. The van der Waals surface area contributed by atoms with Crippen LogP contribution in [0.15, 0.2) is 28.3 Å². The molecule has 0 aromatic carbocycles. The molecule has 0 aliphatic carbocycles. The van der Waals surface area contributed by atoms with Gasteiger partial charge in [0.1, 0.15) is 5.03 Å². The van der Waals surface area contributed by atoms with Gasteiger partial charge in [-0.2, -0.15) is 13.2 Å². The predicted octanol–water partition coefficient (Wildman–Crippen LogP) is 4.18. The molecule has 0 radical (unpaired) electrons. The van der Waals surface area contributed by atoms with Crippen molar-refractivity contribution < 1.29 is 22.7 Å². The Labute approximate surface area is 144 Å². The van der Waals surface area contributed by atoms with E-state index >= 15 is 0 Å². The van der Waals surface area contributed by atoms with Crippen molar-refractivity contribution >= 4 is 29.3 Å². The van der Waals surface area contributed by atoms with Crippen molar-refractivity contribution in [1.29, 1.82) is 0 Å². The lowest BCUT2D eigenvalue weighted by molar-refractivity contribution is -0.143. The molecule has 0 N–H and O–H groups in total. The highest BCUT2D eigenvalue weighted by Crippen LogP contribution is 2.38. The first-order valence-electron chi connectivity index (χ1n) is 6.65. The number of esters is 1. The van der Waals surface area contributed by atoms with Crippen molar-refractivity contribution in [3.8, 4) is 0 Å². The molecule has 0 spiro atoms. The lowest BCUT2D eigenvalue weighted by atomic mass is 10.3. The number of carbonyl (C=O) groups excluding carboxylic acids is 1. The molecular formula is C14H11ClF3N3O2S. The highest BCUT2D eigenvalue weighted by molar-refractivity contribution is 7.99. The first-order valence-corrected chi connectivity index (χ1v) is 7.84. The Kier molecular flexibility index (Phi) is 5.66. The van der Waals surface area contributed by atoms with E-state index in [0.717, 1.165) is 6.20 Å². The summed E-state index contributed by atoms with van der Waals surface area (Å²) in [7, 11) is 0. The monoisotopic (exact) mass is 377 g/mol. The second-order valence-electron chi connectivity index (χ2n) is 4.42. The smallest absolute Gasteiger partial charge is 0.434 e. The van der Waals surface area contributed by atoms with E-state index in [9.17, 15) is 18.0 Å². The van der Waals surface area contributed by atoms with Crippen LogP contribution in [0.1, 0.15) is 28.8 Å². The van der Waals surface area contributed by atoms with Crippen LogP contribution in [0.25, 0.3) is 0 Å². The molecule has 2 aromatic rings. The van der Waals surface area contributed by atoms with E-state index in [0.29, 0.717) is 11.8 Å². The van der Waals surface area contributed by atoms with Gasteiger partial charge < -0.3 is 4.74 Å². The van der Waals surface area contributed by atoms with Crippen LogP contribution in [-0.2, 0) is 10.9 Å². The number of nitrogens with zero attached hydrogens (tertiary/aromatic N) is 3. The third-order valence-electron chi connectivity index (χ3n) is 2.70. The Bertz CT molecular complexity index is 771. The summed E-state index contributed by atoms with van der Waals surface area (Å²) < 4.78 is 43.9. The Hall–Kier alpha value is -1.87. The van der Waals surface area contributed by atoms with Crippen LogP contribution in [0.3, 0.4) is 0 Å². The van der Waals surface area contributed by atoms with Crippen molar-refractivity contribution in [2.75, 3.05) is 6.61 Å². The van der Waals surface area contributed by atoms with E-state index in [1.807, 2.05) is 0 Å². The van der Waals surface area contributed by atoms with Gasteiger partial charge in [-0.3, -0.25) is 4.98 Å². The minimum Gasteiger partial charge on any atom is -0.461 e. The molecule has 2 heterocycles. The first-order chi connectivity index (χ1) is 11.2. The fourth-order valence-corrected chi connectivity index (χ4v) is 2.89. The van der Waals surface area contributed by atoms with Crippen molar-refractivity contribution in [3.63, 3.8) is 0 Å². The standard InChI is InChI=1S/C14H11ClF3N3O2S/c1-3-23-13(22)9-11(15)20-7(2)12(21-9)24-8-5-4-6-19-10(8)14(16,17)18/h4-6H,3H2,1-2H3. The topological polar surface area (TPSA) is 65.0 Å². The average molecular weight is 378 g/mol. The van der Waals surface area contributed by atoms with Crippen molar-refractivity contribution in [2.45, 2.75) is 29.9 Å². The van der Waals surface area contributed by atoms with Crippen LogP contribution >= 0.6 is 23.4 Å². The molecule has 0 aliphatic heterocycles. The average Bonchev–Trinajstić information content (AvgIpc) is 2.49. The molecule has 128 valence electrons. The summed E-state index contributed by atoms with van der Waals surface area (Å²) in [6.07, 6.45) is -3.56. The summed E-state index contributed by atoms with van der Waals surface area (Å²) >= 11 is 6.57. The van der Waals surface area contributed by atoms with E-state index in [2.05, 4.69) is 15.0 Å². The number of pyridine rings is 1. The molecule has 5 nitrogen and oxygen atoms in total. The fraction of sp³-hybridized carbons (Fsp3) is 0.286. The van der Waals surface area contributed by atoms with Crippen LogP contribution < -0.4 is 0 Å². The minimum absolute atomic E-state index is 0.105. The van der Waals surface area contributed by atoms with Crippen molar-refractivity contribution in [1.82, 2.24) is 15.0 Å². The van der Waals surface area contributed by atoms with Gasteiger partial charge in [-0.25, -0.2) is 14.8 Å². The van der Waals surface area contributed by atoms with Gasteiger partial charge in [0, 0.05) is 11.1 Å². The molecule has 0 fully saturated rings. The Morgan fingerprint density at radius 1 is 1.38 bits per heavy atom. The second-order valence-corrected chi connectivity index (χ2v) is 5.81. The maximum absolute atomic E-state index is 13.0. The predicted molar refractivity (Wildman–Crippen MR) is 81.1 cm³/mol. The number of rotatable bonds is 4. The molecule has 0 unspecified atom stereocenters. The molecule has 2 rings (SSSR count). The van der Waals surface area contributed by atoms with Crippen molar-refractivity contribution in [3.05, 3.63) is 40.6 Å². The molecule has 0 bridgehead atoms. The number of carbonyl (C=O) groups is 1. The molecule has 0 saturated heterocycles. The maximum atomic E-state index is 13.0. The van der Waals surface area contributed by atoms with Gasteiger partial charge in [0.25, 0.3) is 0 Å². The van der Waals surface area contributed by atoms with E-state index in [4.69, 9.17) is 16.3 Å². The summed E-state index contributed by atoms with van der Waals surface area (Å²) in [5, 5.41) is -0.0570. The number of halogens is 4. The molecule has 0 saturated carbocycles.